The fourth-order valence-corrected chi connectivity index (χ4v) is 4.10. The number of hydrogen-bond donors (Lipinski definition) is 1. The Labute approximate surface area is 176 Å². The highest BCUT2D eigenvalue weighted by atomic mass is 35.5. The average molecular weight is 427 g/mol. The number of imide groups is 1. The Morgan fingerprint density at radius 3 is 2.55 bits per heavy atom. The zero-order valence-corrected chi connectivity index (χ0v) is 17.0. The molecule has 0 radical (unpaired) electrons. The minimum Gasteiger partial charge on any atom is -0.350 e. The van der Waals surface area contributed by atoms with Crippen molar-refractivity contribution in [3.63, 3.8) is 0 Å². The van der Waals surface area contributed by atoms with Crippen LogP contribution in [0.3, 0.4) is 0 Å². The average Bonchev–Trinajstić information content (AvgIpc) is 3.30. The highest BCUT2D eigenvalue weighted by Crippen LogP contribution is 2.35. The summed E-state index contributed by atoms with van der Waals surface area (Å²) in [7, 11) is 0. The van der Waals surface area contributed by atoms with Crippen molar-refractivity contribution >= 4 is 46.0 Å². The normalized spacial score (nSPS) is 14.1. The molecule has 1 N–H and O–H groups in total. The Hall–Kier alpha value is -2.96. The van der Waals surface area contributed by atoms with E-state index in [-0.39, 0.29) is 23.4 Å². The van der Waals surface area contributed by atoms with Gasteiger partial charge in [-0.3, -0.25) is 14.5 Å². The zero-order valence-electron chi connectivity index (χ0n) is 15.4. The molecule has 0 spiro atoms. The predicted octanol–water partition coefficient (Wildman–Crippen LogP) is 5.24. The van der Waals surface area contributed by atoms with Gasteiger partial charge in [0.25, 0.3) is 11.8 Å². The molecule has 4 nitrogen and oxygen atoms in total. The molecule has 0 atom stereocenters. The van der Waals surface area contributed by atoms with Gasteiger partial charge in [-0.15, -0.1) is 11.3 Å². The Balaban J connectivity index is 1.75. The number of nitrogens with zero attached hydrogens (tertiary/aromatic N) is 1. The molecule has 0 aliphatic carbocycles. The van der Waals surface area contributed by atoms with Crippen LogP contribution in [-0.4, -0.2) is 16.7 Å². The second-order valence-corrected chi connectivity index (χ2v) is 7.91. The van der Waals surface area contributed by atoms with Crippen molar-refractivity contribution in [1.82, 2.24) is 4.90 Å². The summed E-state index contributed by atoms with van der Waals surface area (Å²) in [6.07, 6.45) is 0. The maximum Gasteiger partial charge on any atom is 0.278 e. The first-order chi connectivity index (χ1) is 14.0. The number of carbonyl (C=O) groups excluding carboxylic acids is 2. The van der Waals surface area contributed by atoms with E-state index in [9.17, 15) is 14.0 Å². The summed E-state index contributed by atoms with van der Waals surface area (Å²) in [6.45, 7) is 1.69. The molecule has 1 aliphatic heterocycles. The molecular weight excluding hydrogens is 411 g/mol. The fourth-order valence-electron chi connectivity index (χ4n) is 3.16. The van der Waals surface area contributed by atoms with Crippen molar-refractivity contribution in [2.24, 2.45) is 0 Å². The van der Waals surface area contributed by atoms with Crippen LogP contribution >= 0.6 is 22.9 Å². The Morgan fingerprint density at radius 2 is 1.83 bits per heavy atom. The zero-order chi connectivity index (χ0) is 20.5. The smallest absolute Gasteiger partial charge is 0.278 e. The van der Waals surface area contributed by atoms with Gasteiger partial charge in [-0.25, -0.2) is 4.39 Å². The van der Waals surface area contributed by atoms with Crippen molar-refractivity contribution in [2.75, 3.05) is 5.32 Å². The van der Waals surface area contributed by atoms with E-state index < -0.39 is 17.6 Å². The topological polar surface area (TPSA) is 49.4 Å². The summed E-state index contributed by atoms with van der Waals surface area (Å²) >= 11 is 7.56. The van der Waals surface area contributed by atoms with E-state index in [2.05, 4.69) is 5.32 Å². The number of rotatable bonds is 5. The van der Waals surface area contributed by atoms with Crippen LogP contribution in [-0.2, 0) is 16.1 Å². The molecule has 1 aliphatic rings. The third-order valence-corrected chi connectivity index (χ3v) is 6.05. The minimum absolute atomic E-state index is 0.140. The lowest BCUT2D eigenvalue weighted by Gasteiger charge is -2.16. The molecule has 0 unspecified atom stereocenters. The molecule has 0 saturated carbocycles. The third kappa shape index (κ3) is 3.57. The number of hydrogen-bond acceptors (Lipinski definition) is 4. The molecular formula is C22H16ClFN2O2S. The molecule has 0 saturated heterocycles. The van der Waals surface area contributed by atoms with E-state index in [1.54, 1.807) is 42.5 Å². The molecule has 0 fully saturated rings. The SMILES string of the molecule is Cc1c(Cl)cccc1NC1=C(c2cccs2)C(=O)N(Cc2ccccc2F)C1=O. The molecule has 2 heterocycles. The maximum atomic E-state index is 14.1. The lowest BCUT2D eigenvalue weighted by molar-refractivity contribution is -0.137. The summed E-state index contributed by atoms with van der Waals surface area (Å²) in [5, 5.41) is 5.48. The van der Waals surface area contributed by atoms with Gasteiger partial charge in [0.15, 0.2) is 0 Å². The Kier molecular flexibility index (Phi) is 5.22. The van der Waals surface area contributed by atoms with E-state index >= 15 is 0 Å². The van der Waals surface area contributed by atoms with Gasteiger partial charge < -0.3 is 5.32 Å². The van der Waals surface area contributed by atoms with Crippen LogP contribution in [0.5, 0.6) is 0 Å². The standard InChI is InChI=1S/C22H16ClFN2O2S/c1-13-15(23)7-4-9-17(13)25-20-19(18-10-5-11-29-18)21(27)26(22(20)28)12-14-6-2-3-8-16(14)24/h2-11,25H,12H2,1H3. The largest absolute Gasteiger partial charge is 0.350 e. The minimum atomic E-state index is -0.499. The first-order valence-corrected chi connectivity index (χ1v) is 10.1. The Bertz CT molecular complexity index is 1140. The number of anilines is 1. The molecule has 0 bridgehead atoms. The van der Waals surface area contributed by atoms with Gasteiger partial charge in [0.1, 0.15) is 11.5 Å². The fraction of sp³-hybridized carbons (Fsp3) is 0.0909. The van der Waals surface area contributed by atoms with E-state index in [0.29, 0.717) is 15.6 Å². The molecule has 146 valence electrons. The molecule has 2 amide bonds. The van der Waals surface area contributed by atoms with Gasteiger partial charge in [0.05, 0.1) is 12.1 Å². The molecule has 2 aromatic carbocycles. The van der Waals surface area contributed by atoms with Crippen LogP contribution in [0.4, 0.5) is 10.1 Å². The van der Waals surface area contributed by atoms with Gasteiger partial charge in [0, 0.05) is 21.2 Å². The van der Waals surface area contributed by atoms with Crippen molar-refractivity contribution in [1.29, 1.82) is 0 Å². The Morgan fingerprint density at radius 1 is 1.03 bits per heavy atom. The molecule has 3 aromatic rings. The lowest BCUT2D eigenvalue weighted by atomic mass is 10.1. The number of thiophene rings is 1. The van der Waals surface area contributed by atoms with Gasteiger partial charge in [-0.05, 0) is 42.1 Å². The van der Waals surface area contributed by atoms with Gasteiger partial charge >= 0.3 is 0 Å². The maximum absolute atomic E-state index is 14.1. The van der Waals surface area contributed by atoms with Crippen molar-refractivity contribution in [3.8, 4) is 0 Å². The summed E-state index contributed by atoms with van der Waals surface area (Å²) in [4.78, 5) is 28.1. The van der Waals surface area contributed by atoms with Crippen LogP contribution in [0, 0.1) is 12.7 Å². The number of amides is 2. The van der Waals surface area contributed by atoms with Crippen molar-refractivity contribution in [3.05, 3.63) is 92.5 Å². The van der Waals surface area contributed by atoms with E-state index in [0.717, 1.165) is 10.5 Å². The second kappa shape index (κ2) is 7.81. The first kappa shape index (κ1) is 19.4. The van der Waals surface area contributed by atoms with Crippen molar-refractivity contribution in [2.45, 2.75) is 13.5 Å². The molecule has 7 heteroatoms. The molecule has 4 rings (SSSR count). The number of carbonyl (C=O) groups is 2. The predicted molar refractivity (Wildman–Crippen MR) is 113 cm³/mol. The number of nitrogens with one attached hydrogen (secondary N) is 1. The van der Waals surface area contributed by atoms with Crippen LogP contribution in [0.25, 0.3) is 5.57 Å². The summed E-state index contributed by atoms with van der Waals surface area (Å²) in [6, 6.07) is 15.0. The van der Waals surface area contributed by atoms with Gasteiger partial charge in [-0.2, -0.15) is 0 Å². The van der Waals surface area contributed by atoms with E-state index in [1.165, 1.54) is 17.4 Å². The summed E-state index contributed by atoms with van der Waals surface area (Å²) in [5.74, 6) is -1.42. The second-order valence-electron chi connectivity index (χ2n) is 6.55. The lowest BCUT2D eigenvalue weighted by Crippen LogP contribution is -2.32. The third-order valence-electron chi connectivity index (χ3n) is 4.75. The first-order valence-electron chi connectivity index (χ1n) is 8.87. The summed E-state index contributed by atoms with van der Waals surface area (Å²) in [5.41, 5.74) is 2.12. The van der Waals surface area contributed by atoms with Crippen LogP contribution in [0.1, 0.15) is 16.0 Å². The number of halogens is 2. The summed E-state index contributed by atoms with van der Waals surface area (Å²) < 4.78 is 14.1. The van der Waals surface area contributed by atoms with Gasteiger partial charge in [0.2, 0.25) is 0 Å². The highest BCUT2D eigenvalue weighted by molar-refractivity contribution is 7.11. The molecule has 29 heavy (non-hydrogen) atoms. The molecule has 1 aromatic heterocycles. The van der Waals surface area contributed by atoms with E-state index in [4.69, 9.17) is 11.6 Å². The van der Waals surface area contributed by atoms with Crippen molar-refractivity contribution < 1.29 is 14.0 Å². The number of benzene rings is 2. The van der Waals surface area contributed by atoms with Crippen LogP contribution in [0.15, 0.2) is 65.7 Å². The van der Waals surface area contributed by atoms with Crippen LogP contribution in [0.2, 0.25) is 5.02 Å². The quantitative estimate of drug-likeness (QED) is 0.567. The monoisotopic (exact) mass is 426 g/mol. The van der Waals surface area contributed by atoms with E-state index in [1.807, 2.05) is 18.4 Å². The van der Waals surface area contributed by atoms with Gasteiger partial charge in [-0.1, -0.05) is 41.9 Å². The highest BCUT2D eigenvalue weighted by Gasteiger charge is 2.40. The van der Waals surface area contributed by atoms with Crippen LogP contribution < -0.4 is 5.32 Å².